The minimum Gasteiger partial charge on any atom is -0.334 e. The first-order valence-electron chi connectivity index (χ1n) is 7.08. The third-order valence-electron chi connectivity index (χ3n) is 3.91. The molecule has 1 aromatic rings. The summed E-state index contributed by atoms with van der Waals surface area (Å²) >= 11 is 0. The summed E-state index contributed by atoms with van der Waals surface area (Å²) < 4.78 is 0. The molecule has 0 saturated carbocycles. The van der Waals surface area contributed by atoms with Crippen LogP contribution in [-0.4, -0.2) is 64.1 Å². The lowest BCUT2D eigenvalue weighted by Gasteiger charge is -2.22. The molecule has 1 saturated heterocycles. The maximum atomic E-state index is 12.5. The third kappa shape index (κ3) is 2.85. The number of aromatic amines is 1. The van der Waals surface area contributed by atoms with Gasteiger partial charge >= 0.3 is 0 Å². The van der Waals surface area contributed by atoms with E-state index in [0.717, 1.165) is 18.9 Å². The second-order valence-electron chi connectivity index (χ2n) is 6.98. The van der Waals surface area contributed by atoms with E-state index in [9.17, 15) is 4.79 Å². The predicted molar refractivity (Wildman–Crippen MR) is 77.6 cm³/mol. The van der Waals surface area contributed by atoms with Crippen LogP contribution in [0.5, 0.6) is 0 Å². The van der Waals surface area contributed by atoms with Crippen molar-refractivity contribution in [3.63, 3.8) is 0 Å². The average molecular weight is 279 g/mol. The second-order valence-corrected chi connectivity index (χ2v) is 6.98. The minimum atomic E-state index is -0.129. The fourth-order valence-corrected chi connectivity index (χ4v) is 2.62. The van der Waals surface area contributed by atoms with E-state index in [2.05, 4.69) is 41.1 Å². The van der Waals surface area contributed by atoms with E-state index in [1.54, 1.807) is 0 Å². The van der Waals surface area contributed by atoms with Gasteiger partial charge in [0.05, 0.1) is 0 Å². The summed E-state index contributed by atoms with van der Waals surface area (Å²) in [6.45, 7) is 9.81. The number of aromatic nitrogens is 3. The third-order valence-corrected chi connectivity index (χ3v) is 3.91. The molecule has 0 aliphatic carbocycles. The zero-order chi connectivity index (χ0) is 15.1. The van der Waals surface area contributed by atoms with Gasteiger partial charge in [-0.2, -0.15) is 0 Å². The minimum absolute atomic E-state index is 0.0760. The highest BCUT2D eigenvalue weighted by molar-refractivity contribution is 5.90. The van der Waals surface area contributed by atoms with Crippen molar-refractivity contribution in [2.45, 2.75) is 39.2 Å². The molecule has 6 nitrogen and oxygen atoms in total. The van der Waals surface area contributed by atoms with Gasteiger partial charge in [0.1, 0.15) is 5.82 Å². The molecular weight excluding hydrogens is 254 g/mol. The van der Waals surface area contributed by atoms with Crippen molar-refractivity contribution in [1.29, 1.82) is 0 Å². The van der Waals surface area contributed by atoms with Crippen LogP contribution in [0.2, 0.25) is 0 Å². The lowest BCUT2D eigenvalue weighted by atomic mass is 9.96. The number of nitrogens with one attached hydrogen (secondary N) is 1. The molecule has 1 N–H and O–H groups in total. The molecule has 112 valence electrons. The van der Waals surface area contributed by atoms with Gasteiger partial charge in [0, 0.05) is 24.5 Å². The first kappa shape index (κ1) is 15.0. The maximum Gasteiger partial charge on any atom is 0.293 e. The maximum absolute atomic E-state index is 12.5. The van der Waals surface area contributed by atoms with Gasteiger partial charge in [-0.15, -0.1) is 5.10 Å². The quantitative estimate of drug-likeness (QED) is 0.881. The molecule has 0 spiro atoms. The molecule has 2 unspecified atom stereocenters. The summed E-state index contributed by atoms with van der Waals surface area (Å²) in [5.74, 6) is 1.42. The zero-order valence-corrected chi connectivity index (χ0v) is 13.3. The number of amides is 1. The smallest absolute Gasteiger partial charge is 0.293 e. The summed E-state index contributed by atoms with van der Waals surface area (Å²) in [4.78, 5) is 20.8. The first-order valence-corrected chi connectivity index (χ1v) is 7.08. The van der Waals surface area contributed by atoms with Crippen molar-refractivity contribution in [3.8, 4) is 0 Å². The van der Waals surface area contributed by atoms with Crippen LogP contribution < -0.4 is 0 Å². The molecule has 20 heavy (non-hydrogen) atoms. The summed E-state index contributed by atoms with van der Waals surface area (Å²) in [5, 5.41) is 6.96. The van der Waals surface area contributed by atoms with Gasteiger partial charge in [0.15, 0.2) is 0 Å². The monoisotopic (exact) mass is 279 g/mol. The van der Waals surface area contributed by atoms with Gasteiger partial charge in [-0.25, -0.2) is 4.98 Å². The molecule has 1 aliphatic rings. The molecule has 1 fully saturated rings. The van der Waals surface area contributed by atoms with Crippen molar-refractivity contribution < 1.29 is 4.79 Å². The van der Waals surface area contributed by atoms with E-state index in [0.29, 0.717) is 12.0 Å². The standard InChI is InChI=1S/C14H25N5O/c1-9-7-19(8-10(9)18(5)6)12(20)11-15-13(17-16-11)14(2,3)4/h9-10H,7-8H2,1-6H3,(H,15,16,17). The molecule has 2 heterocycles. The van der Waals surface area contributed by atoms with Crippen LogP contribution in [0.25, 0.3) is 0 Å². The summed E-state index contributed by atoms with van der Waals surface area (Å²) in [7, 11) is 4.11. The number of likely N-dealkylation sites (tertiary alicyclic amines) is 1. The Kier molecular flexibility index (Phi) is 3.86. The molecule has 0 radical (unpaired) electrons. The Bertz CT molecular complexity index is 488. The number of H-pyrrole nitrogens is 1. The van der Waals surface area contributed by atoms with Crippen molar-refractivity contribution in [3.05, 3.63) is 11.6 Å². The molecule has 1 aromatic heterocycles. The van der Waals surface area contributed by atoms with Gasteiger partial charge in [0.25, 0.3) is 5.91 Å². The normalized spacial score (nSPS) is 23.6. The predicted octanol–water partition coefficient (Wildman–Crippen LogP) is 1.12. The van der Waals surface area contributed by atoms with Crippen LogP contribution in [0.1, 0.15) is 44.1 Å². The van der Waals surface area contributed by atoms with E-state index in [-0.39, 0.29) is 17.1 Å². The highest BCUT2D eigenvalue weighted by Crippen LogP contribution is 2.22. The Labute approximate surface area is 120 Å². The van der Waals surface area contributed by atoms with Gasteiger partial charge in [0.2, 0.25) is 5.82 Å². The van der Waals surface area contributed by atoms with Gasteiger partial charge in [-0.05, 0) is 20.0 Å². The van der Waals surface area contributed by atoms with E-state index in [1.165, 1.54) is 0 Å². The van der Waals surface area contributed by atoms with Crippen LogP contribution in [0.4, 0.5) is 0 Å². The van der Waals surface area contributed by atoms with Crippen LogP contribution in [-0.2, 0) is 5.41 Å². The number of hydrogen-bond acceptors (Lipinski definition) is 4. The van der Waals surface area contributed by atoms with Crippen molar-refractivity contribution in [1.82, 2.24) is 25.0 Å². The molecule has 2 atom stereocenters. The lowest BCUT2D eigenvalue weighted by Crippen LogP contribution is -2.36. The number of rotatable bonds is 2. The summed E-state index contributed by atoms with van der Waals surface area (Å²) in [6.07, 6.45) is 0. The van der Waals surface area contributed by atoms with Crippen LogP contribution in [0.3, 0.4) is 0 Å². The fourth-order valence-electron chi connectivity index (χ4n) is 2.62. The Hall–Kier alpha value is -1.43. The summed E-state index contributed by atoms with van der Waals surface area (Å²) in [6, 6.07) is 0.403. The number of likely N-dealkylation sites (N-methyl/N-ethyl adjacent to an activating group) is 1. The number of nitrogens with zero attached hydrogens (tertiary/aromatic N) is 4. The molecule has 2 rings (SSSR count). The number of hydrogen-bond donors (Lipinski definition) is 1. The Morgan fingerprint density at radius 2 is 2.00 bits per heavy atom. The zero-order valence-electron chi connectivity index (χ0n) is 13.3. The molecule has 6 heteroatoms. The largest absolute Gasteiger partial charge is 0.334 e. The molecule has 1 aliphatic heterocycles. The average Bonchev–Trinajstić information content (AvgIpc) is 2.93. The Morgan fingerprint density at radius 1 is 1.35 bits per heavy atom. The molecule has 0 bridgehead atoms. The molecule has 0 aromatic carbocycles. The van der Waals surface area contributed by atoms with E-state index in [4.69, 9.17) is 0 Å². The highest BCUT2D eigenvalue weighted by Gasteiger charge is 2.35. The fraction of sp³-hybridized carbons (Fsp3) is 0.786. The topological polar surface area (TPSA) is 65.1 Å². The molecule has 1 amide bonds. The highest BCUT2D eigenvalue weighted by atomic mass is 16.2. The van der Waals surface area contributed by atoms with Gasteiger partial charge < -0.3 is 9.80 Å². The second kappa shape index (κ2) is 5.16. The van der Waals surface area contributed by atoms with E-state index >= 15 is 0 Å². The SMILES string of the molecule is CC1CN(C(=O)c2n[nH]c(C(C)(C)C)n2)CC1N(C)C. The van der Waals surface area contributed by atoms with Gasteiger partial charge in [-0.3, -0.25) is 9.89 Å². The van der Waals surface area contributed by atoms with Crippen LogP contribution in [0, 0.1) is 5.92 Å². The van der Waals surface area contributed by atoms with Gasteiger partial charge in [-0.1, -0.05) is 27.7 Å². The number of carbonyl (C=O) groups is 1. The Balaban J connectivity index is 2.11. The van der Waals surface area contributed by atoms with Crippen LogP contribution in [0.15, 0.2) is 0 Å². The van der Waals surface area contributed by atoms with Crippen molar-refractivity contribution >= 4 is 5.91 Å². The number of carbonyl (C=O) groups excluding carboxylic acids is 1. The first-order chi connectivity index (χ1) is 9.20. The van der Waals surface area contributed by atoms with Crippen molar-refractivity contribution in [2.75, 3.05) is 27.2 Å². The summed E-state index contributed by atoms with van der Waals surface area (Å²) in [5.41, 5.74) is -0.129. The van der Waals surface area contributed by atoms with E-state index in [1.807, 2.05) is 25.7 Å². The van der Waals surface area contributed by atoms with E-state index < -0.39 is 0 Å². The molecular formula is C14H25N5O. The van der Waals surface area contributed by atoms with Crippen LogP contribution >= 0.6 is 0 Å². The lowest BCUT2D eigenvalue weighted by molar-refractivity contribution is 0.0769. The van der Waals surface area contributed by atoms with Crippen molar-refractivity contribution in [2.24, 2.45) is 5.92 Å². The Morgan fingerprint density at radius 3 is 2.45 bits per heavy atom.